The highest BCUT2D eigenvalue weighted by Gasteiger charge is 2.44. The highest BCUT2D eigenvalue weighted by atomic mass is 32.2. The molecule has 2 aliphatic heterocycles. The van der Waals surface area contributed by atoms with Crippen molar-refractivity contribution < 1.29 is 21.9 Å². The van der Waals surface area contributed by atoms with Crippen molar-refractivity contribution in [3.05, 3.63) is 35.0 Å². The number of nitrogens with zero attached hydrogens (tertiary/aromatic N) is 4. The average molecular weight is 447 g/mol. The van der Waals surface area contributed by atoms with Gasteiger partial charge < -0.3 is 9.64 Å². The summed E-state index contributed by atoms with van der Waals surface area (Å²) in [6.45, 7) is 0.683. The molecule has 1 unspecified atom stereocenters. The Morgan fingerprint density at radius 2 is 2.16 bits per heavy atom. The summed E-state index contributed by atoms with van der Waals surface area (Å²) < 4.78 is 60.4. The van der Waals surface area contributed by atoms with Gasteiger partial charge in [0, 0.05) is 29.7 Å². The van der Waals surface area contributed by atoms with Gasteiger partial charge in [0.15, 0.2) is 0 Å². The fourth-order valence-corrected chi connectivity index (χ4v) is 4.97. The summed E-state index contributed by atoms with van der Waals surface area (Å²) in [5.74, 6) is -2.44. The maximum absolute atomic E-state index is 14.5. The molecule has 1 aromatic carbocycles. The molecule has 2 aromatic rings. The molecule has 31 heavy (non-hydrogen) atoms. The van der Waals surface area contributed by atoms with E-state index in [0.29, 0.717) is 41.1 Å². The van der Waals surface area contributed by atoms with E-state index in [1.165, 1.54) is 0 Å². The van der Waals surface area contributed by atoms with E-state index in [1.54, 1.807) is 23.1 Å². The van der Waals surface area contributed by atoms with Crippen molar-refractivity contribution in [1.82, 2.24) is 14.7 Å². The van der Waals surface area contributed by atoms with E-state index in [0.717, 1.165) is 6.26 Å². The predicted molar refractivity (Wildman–Crippen MR) is 107 cm³/mol. The van der Waals surface area contributed by atoms with E-state index < -0.39 is 28.0 Å². The molecule has 3 heterocycles. The number of nitrogens with one attached hydrogen (secondary N) is 1. The summed E-state index contributed by atoms with van der Waals surface area (Å²) >= 11 is 0. The van der Waals surface area contributed by atoms with Crippen LogP contribution in [0.2, 0.25) is 0 Å². The first-order valence-electron chi connectivity index (χ1n) is 9.86. The topological polar surface area (TPSA) is 108 Å². The summed E-state index contributed by atoms with van der Waals surface area (Å²) in [4.78, 5) is 10.3. The quantitative estimate of drug-likeness (QED) is 0.766. The Kier molecular flexibility index (Phi) is 4.43. The number of fused-ring (bicyclic) bond motifs is 2. The van der Waals surface area contributed by atoms with Gasteiger partial charge in [-0.25, -0.2) is 23.1 Å². The third-order valence-electron chi connectivity index (χ3n) is 5.88. The molecule has 1 aliphatic carbocycles. The molecule has 0 spiro atoms. The van der Waals surface area contributed by atoms with Crippen LogP contribution in [0.4, 0.5) is 14.7 Å². The smallest absolute Gasteiger partial charge is 0.290 e. The van der Waals surface area contributed by atoms with Crippen LogP contribution in [0.3, 0.4) is 0 Å². The lowest BCUT2D eigenvalue weighted by Gasteiger charge is -2.36. The van der Waals surface area contributed by atoms with Gasteiger partial charge >= 0.3 is 0 Å². The number of halogens is 2. The Bertz CT molecular complexity index is 1230. The molecular weight excluding hydrogens is 428 g/mol. The first-order chi connectivity index (χ1) is 14.7. The van der Waals surface area contributed by atoms with Gasteiger partial charge in [-0.05, 0) is 18.9 Å². The normalized spacial score (nSPS) is 23.5. The number of aromatic nitrogens is 2. The van der Waals surface area contributed by atoms with E-state index >= 15 is 0 Å². The number of benzene rings is 1. The Labute approximate surface area is 177 Å². The van der Waals surface area contributed by atoms with Gasteiger partial charge in [0.25, 0.3) is 5.92 Å². The summed E-state index contributed by atoms with van der Waals surface area (Å²) in [5, 5.41) is 9.25. The minimum absolute atomic E-state index is 0.131. The molecule has 11 heteroatoms. The molecule has 1 saturated heterocycles. The van der Waals surface area contributed by atoms with Crippen LogP contribution in [-0.2, 0) is 22.4 Å². The van der Waals surface area contributed by atoms with E-state index in [4.69, 9.17) is 4.74 Å². The molecule has 2 atom stereocenters. The van der Waals surface area contributed by atoms with Gasteiger partial charge in [0.1, 0.15) is 24.1 Å². The zero-order chi connectivity index (χ0) is 22.0. The minimum atomic E-state index is -3.42. The van der Waals surface area contributed by atoms with E-state index in [2.05, 4.69) is 20.8 Å². The van der Waals surface area contributed by atoms with Crippen LogP contribution >= 0.6 is 0 Å². The second-order valence-corrected chi connectivity index (χ2v) is 9.82. The van der Waals surface area contributed by atoms with Gasteiger partial charge in [-0.15, -0.1) is 0 Å². The molecule has 3 aliphatic rings. The third-order valence-corrected chi connectivity index (χ3v) is 6.59. The Morgan fingerprint density at radius 1 is 1.35 bits per heavy atom. The first kappa shape index (κ1) is 20.1. The lowest BCUT2D eigenvalue weighted by Crippen LogP contribution is -2.48. The standard InChI is InChI=1S/C20H19F2N5O3S/c1-31(28,29)26-15-10-30-16-8-11(2-3-13(15)16)17-14-4-6-20(21,22)18(14)25-19(24-17)27-7-5-12(27)9-23/h2-3,8,12,15,26H,4-7,10H2,1H3/t12-,15?/m1/s1. The van der Waals surface area contributed by atoms with E-state index in [1.807, 2.05) is 0 Å². The lowest BCUT2D eigenvalue weighted by atomic mass is 10.0. The molecule has 5 rings (SSSR count). The lowest BCUT2D eigenvalue weighted by molar-refractivity contribution is -0.00594. The number of anilines is 1. The molecule has 8 nitrogen and oxygen atoms in total. The predicted octanol–water partition coefficient (Wildman–Crippen LogP) is 2.27. The number of sulfonamides is 1. The molecule has 0 radical (unpaired) electrons. The summed E-state index contributed by atoms with van der Waals surface area (Å²) in [7, 11) is -3.42. The van der Waals surface area contributed by atoms with Gasteiger partial charge in [-0.2, -0.15) is 14.0 Å². The number of nitriles is 1. The molecular formula is C20H19F2N5O3S. The number of alkyl halides is 2. The van der Waals surface area contributed by atoms with Gasteiger partial charge in [-0.3, -0.25) is 0 Å². The Morgan fingerprint density at radius 3 is 2.84 bits per heavy atom. The van der Waals surface area contributed by atoms with Crippen molar-refractivity contribution in [1.29, 1.82) is 5.26 Å². The second kappa shape index (κ2) is 6.83. The van der Waals surface area contributed by atoms with Gasteiger partial charge in [0.2, 0.25) is 16.0 Å². The number of hydrogen-bond donors (Lipinski definition) is 1. The largest absolute Gasteiger partial charge is 0.491 e. The number of ether oxygens (including phenoxy) is 1. The van der Waals surface area contributed by atoms with E-state index in [-0.39, 0.29) is 31.1 Å². The zero-order valence-corrected chi connectivity index (χ0v) is 17.4. The fourth-order valence-electron chi connectivity index (χ4n) is 4.25. The second-order valence-electron chi connectivity index (χ2n) is 8.04. The van der Waals surface area contributed by atoms with Gasteiger partial charge in [-0.1, -0.05) is 12.1 Å². The average Bonchev–Trinajstić information content (AvgIpc) is 3.20. The maximum atomic E-state index is 14.5. The Hall–Kier alpha value is -2.84. The summed E-state index contributed by atoms with van der Waals surface area (Å²) in [5.41, 5.74) is 1.77. The monoisotopic (exact) mass is 447 g/mol. The van der Waals surface area contributed by atoms with Crippen LogP contribution in [-0.4, -0.2) is 43.8 Å². The molecule has 162 valence electrons. The summed E-state index contributed by atoms with van der Waals surface area (Å²) in [6.07, 6.45) is 1.53. The van der Waals surface area contributed by atoms with Crippen LogP contribution in [0.5, 0.6) is 5.75 Å². The highest BCUT2D eigenvalue weighted by Crippen LogP contribution is 2.46. The van der Waals surface area contributed by atoms with Crippen LogP contribution in [0.1, 0.15) is 35.7 Å². The van der Waals surface area contributed by atoms with Crippen molar-refractivity contribution in [3.63, 3.8) is 0 Å². The van der Waals surface area contributed by atoms with Gasteiger partial charge in [0.05, 0.1) is 24.1 Å². The molecule has 1 fully saturated rings. The van der Waals surface area contributed by atoms with Crippen molar-refractivity contribution >= 4 is 16.0 Å². The number of rotatable bonds is 4. The molecule has 0 bridgehead atoms. The van der Waals surface area contributed by atoms with Crippen molar-refractivity contribution in [2.24, 2.45) is 0 Å². The van der Waals surface area contributed by atoms with E-state index in [9.17, 15) is 22.5 Å². The Balaban J connectivity index is 1.58. The first-order valence-corrected chi connectivity index (χ1v) is 11.8. The van der Waals surface area contributed by atoms with Crippen LogP contribution in [0.15, 0.2) is 18.2 Å². The summed E-state index contributed by atoms with van der Waals surface area (Å²) in [6, 6.07) is 6.35. The van der Waals surface area contributed by atoms with Crippen molar-refractivity contribution in [3.8, 4) is 23.1 Å². The molecule has 0 saturated carbocycles. The molecule has 0 amide bonds. The SMILES string of the molecule is CS(=O)(=O)NC1COc2cc(-c3nc(N4CC[C@@H]4C#N)nc4c3CCC4(F)F)ccc21. The van der Waals surface area contributed by atoms with Crippen molar-refractivity contribution in [2.75, 3.05) is 24.3 Å². The maximum Gasteiger partial charge on any atom is 0.290 e. The molecule has 1 N–H and O–H groups in total. The number of hydrogen-bond acceptors (Lipinski definition) is 7. The van der Waals surface area contributed by atoms with Crippen LogP contribution < -0.4 is 14.4 Å². The van der Waals surface area contributed by atoms with Crippen molar-refractivity contribution in [2.45, 2.75) is 37.3 Å². The third kappa shape index (κ3) is 3.40. The zero-order valence-electron chi connectivity index (χ0n) is 16.6. The molecule has 1 aromatic heterocycles. The fraction of sp³-hybridized carbons (Fsp3) is 0.450. The minimum Gasteiger partial charge on any atom is -0.491 e. The van der Waals surface area contributed by atoms with Crippen LogP contribution in [0.25, 0.3) is 11.3 Å². The van der Waals surface area contributed by atoms with Crippen LogP contribution in [0, 0.1) is 11.3 Å². The highest BCUT2D eigenvalue weighted by molar-refractivity contribution is 7.88.